The fourth-order valence-corrected chi connectivity index (χ4v) is 5.27. The second kappa shape index (κ2) is 9.69. The van der Waals surface area contributed by atoms with Crippen LogP contribution >= 0.6 is 0 Å². The van der Waals surface area contributed by atoms with Gasteiger partial charge in [-0.25, -0.2) is 8.42 Å². The molecule has 1 heterocycles. The van der Waals surface area contributed by atoms with Crippen LogP contribution in [0.1, 0.15) is 28.8 Å². The SMILES string of the molecule is COCC(OC)(OC(=O)[C@@H]1CCCN1S(=O)(=O)c1ccc(C=O)cc1)c1ccccc1. The average molecular weight is 448 g/mol. The molecule has 1 saturated heterocycles. The first-order valence-electron chi connectivity index (χ1n) is 9.77. The van der Waals surface area contributed by atoms with E-state index in [1.54, 1.807) is 24.3 Å². The van der Waals surface area contributed by atoms with Crippen molar-refractivity contribution in [2.45, 2.75) is 29.6 Å². The van der Waals surface area contributed by atoms with E-state index in [9.17, 15) is 18.0 Å². The zero-order valence-corrected chi connectivity index (χ0v) is 18.2. The maximum Gasteiger partial charge on any atom is 0.327 e. The molecule has 31 heavy (non-hydrogen) atoms. The summed E-state index contributed by atoms with van der Waals surface area (Å²) in [6, 6.07) is 13.4. The Morgan fingerprint density at radius 2 is 1.81 bits per heavy atom. The van der Waals surface area contributed by atoms with E-state index in [4.69, 9.17) is 14.2 Å². The van der Waals surface area contributed by atoms with Crippen LogP contribution in [0.25, 0.3) is 0 Å². The maximum atomic E-state index is 13.2. The molecule has 3 rings (SSSR count). The molecule has 0 N–H and O–H groups in total. The summed E-state index contributed by atoms with van der Waals surface area (Å²) in [7, 11) is -1.09. The second-order valence-electron chi connectivity index (χ2n) is 7.14. The summed E-state index contributed by atoms with van der Waals surface area (Å²) in [5.41, 5.74) is 0.938. The van der Waals surface area contributed by atoms with Gasteiger partial charge in [0.15, 0.2) is 0 Å². The first-order valence-corrected chi connectivity index (χ1v) is 11.2. The van der Waals surface area contributed by atoms with Crippen LogP contribution in [0.15, 0.2) is 59.5 Å². The molecule has 166 valence electrons. The van der Waals surface area contributed by atoms with E-state index < -0.39 is 27.8 Å². The molecule has 9 heteroatoms. The van der Waals surface area contributed by atoms with Gasteiger partial charge in [0.2, 0.25) is 10.0 Å². The molecular weight excluding hydrogens is 422 g/mol. The summed E-state index contributed by atoms with van der Waals surface area (Å²) in [4.78, 5) is 24.0. The predicted octanol–water partition coefficient (Wildman–Crippen LogP) is 2.34. The number of nitrogens with zero attached hydrogens (tertiary/aromatic N) is 1. The monoisotopic (exact) mass is 447 g/mol. The quantitative estimate of drug-likeness (QED) is 0.330. The molecule has 0 bridgehead atoms. The van der Waals surface area contributed by atoms with Crippen molar-refractivity contribution in [2.75, 3.05) is 27.4 Å². The van der Waals surface area contributed by atoms with Crippen molar-refractivity contribution in [1.82, 2.24) is 4.31 Å². The van der Waals surface area contributed by atoms with E-state index in [2.05, 4.69) is 0 Å². The van der Waals surface area contributed by atoms with E-state index in [1.165, 1.54) is 38.5 Å². The average Bonchev–Trinajstić information content (AvgIpc) is 3.30. The molecule has 2 aromatic rings. The van der Waals surface area contributed by atoms with Gasteiger partial charge >= 0.3 is 5.97 Å². The minimum atomic E-state index is -3.95. The molecule has 0 saturated carbocycles. The fraction of sp³-hybridized carbons (Fsp3) is 0.364. The standard InChI is InChI=1S/C22H25NO7S/c1-28-16-22(29-2,18-7-4-3-5-8-18)30-21(25)20-9-6-14-23(20)31(26,27)19-12-10-17(15-24)11-13-19/h3-5,7-8,10-13,15,20H,6,9,14,16H2,1-2H3/t20-,22?/m0/s1. The summed E-state index contributed by atoms with van der Waals surface area (Å²) in [6.07, 6.45) is 1.48. The van der Waals surface area contributed by atoms with E-state index in [0.29, 0.717) is 30.3 Å². The van der Waals surface area contributed by atoms with Crippen LogP contribution in [-0.4, -0.2) is 58.4 Å². The number of esters is 1. The van der Waals surface area contributed by atoms with Crippen LogP contribution in [0.4, 0.5) is 0 Å². The summed E-state index contributed by atoms with van der Waals surface area (Å²) < 4.78 is 44.0. The van der Waals surface area contributed by atoms with Crippen molar-refractivity contribution in [3.63, 3.8) is 0 Å². The summed E-state index contributed by atoms with van der Waals surface area (Å²) in [5, 5.41) is 0. The van der Waals surface area contributed by atoms with E-state index >= 15 is 0 Å². The predicted molar refractivity (Wildman–Crippen MR) is 112 cm³/mol. The minimum Gasteiger partial charge on any atom is -0.425 e. The van der Waals surface area contributed by atoms with Gasteiger partial charge in [-0.2, -0.15) is 4.31 Å². The van der Waals surface area contributed by atoms with Crippen LogP contribution in [0, 0.1) is 0 Å². The molecule has 2 aromatic carbocycles. The Kier molecular flexibility index (Phi) is 7.22. The lowest BCUT2D eigenvalue weighted by Gasteiger charge is -2.33. The third kappa shape index (κ3) is 4.69. The van der Waals surface area contributed by atoms with Crippen LogP contribution in [0.2, 0.25) is 0 Å². The van der Waals surface area contributed by atoms with Crippen molar-refractivity contribution in [3.8, 4) is 0 Å². The highest BCUT2D eigenvalue weighted by atomic mass is 32.2. The zero-order chi connectivity index (χ0) is 22.5. The number of benzene rings is 2. The van der Waals surface area contributed by atoms with Crippen LogP contribution in [0.3, 0.4) is 0 Å². The van der Waals surface area contributed by atoms with Crippen LogP contribution in [-0.2, 0) is 34.8 Å². The number of aldehydes is 1. The molecule has 8 nitrogen and oxygen atoms in total. The highest BCUT2D eigenvalue weighted by Crippen LogP contribution is 2.32. The van der Waals surface area contributed by atoms with Gasteiger partial charge in [0.1, 0.15) is 18.9 Å². The van der Waals surface area contributed by atoms with Gasteiger partial charge < -0.3 is 14.2 Å². The Hall–Kier alpha value is -2.59. The van der Waals surface area contributed by atoms with Crippen molar-refractivity contribution in [1.29, 1.82) is 0 Å². The van der Waals surface area contributed by atoms with Gasteiger partial charge in [-0.3, -0.25) is 9.59 Å². The van der Waals surface area contributed by atoms with E-state index in [1.807, 2.05) is 6.07 Å². The first-order chi connectivity index (χ1) is 14.9. The molecule has 0 aromatic heterocycles. The van der Waals surface area contributed by atoms with Gasteiger partial charge in [0, 0.05) is 31.9 Å². The number of carbonyl (C=O) groups is 2. The van der Waals surface area contributed by atoms with Crippen LogP contribution in [0.5, 0.6) is 0 Å². The van der Waals surface area contributed by atoms with Crippen molar-refractivity contribution in [3.05, 3.63) is 65.7 Å². The molecule has 0 aliphatic carbocycles. The third-order valence-corrected chi connectivity index (χ3v) is 7.16. The number of methoxy groups -OCH3 is 2. The molecule has 2 atom stereocenters. The zero-order valence-electron chi connectivity index (χ0n) is 17.4. The Balaban J connectivity index is 1.88. The molecular formula is C22H25NO7S. The summed E-state index contributed by atoms with van der Waals surface area (Å²) in [5.74, 6) is -2.22. The Bertz CT molecular complexity index is 1010. The largest absolute Gasteiger partial charge is 0.425 e. The van der Waals surface area contributed by atoms with Crippen LogP contribution < -0.4 is 0 Å². The normalized spacial score (nSPS) is 19.0. The second-order valence-corrected chi connectivity index (χ2v) is 9.03. The minimum absolute atomic E-state index is 0.00996. The lowest BCUT2D eigenvalue weighted by molar-refractivity contribution is -0.248. The Morgan fingerprint density at radius 1 is 1.13 bits per heavy atom. The lowest BCUT2D eigenvalue weighted by Crippen LogP contribution is -2.46. The number of ether oxygens (including phenoxy) is 3. The highest BCUT2D eigenvalue weighted by Gasteiger charge is 2.45. The molecule has 1 fully saturated rings. The van der Waals surface area contributed by atoms with Gasteiger partial charge in [-0.1, -0.05) is 42.5 Å². The number of hydrogen-bond donors (Lipinski definition) is 0. The maximum absolute atomic E-state index is 13.2. The molecule has 0 spiro atoms. The van der Waals surface area contributed by atoms with Crippen molar-refractivity contribution < 1.29 is 32.2 Å². The molecule has 1 unspecified atom stereocenters. The van der Waals surface area contributed by atoms with Crippen molar-refractivity contribution in [2.24, 2.45) is 0 Å². The molecule has 1 aliphatic rings. The van der Waals surface area contributed by atoms with E-state index in [-0.39, 0.29) is 18.0 Å². The Labute approximate surface area is 181 Å². The smallest absolute Gasteiger partial charge is 0.327 e. The Morgan fingerprint density at radius 3 is 2.39 bits per heavy atom. The summed E-state index contributed by atoms with van der Waals surface area (Å²) >= 11 is 0. The molecule has 0 amide bonds. The molecule has 1 aliphatic heterocycles. The van der Waals surface area contributed by atoms with Gasteiger partial charge in [0.05, 0.1) is 4.90 Å². The number of hydrogen-bond acceptors (Lipinski definition) is 7. The number of sulfonamides is 1. The molecule has 0 radical (unpaired) electrons. The lowest BCUT2D eigenvalue weighted by atomic mass is 10.1. The third-order valence-electron chi connectivity index (χ3n) is 5.24. The van der Waals surface area contributed by atoms with Gasteiger partial charge in [-0.15, -0.1) is 0 Å². The first kappa shape index (κ1) is 23.1. The van der Waals surface area contributed by atoms with E-state index in [0.717, 1.165) is 4.31 Å². The topological polar surface area (TPSA) is 99.2 Å². The highest BCUT2D eigenvalue weighted by molar-refractivity contribution is 7.89. The summed E-state index contributed by atoms with van der Waals surface area (Å²) in [6.45, 7) is 0.124. The fourth-order valence-electron chi connectivity index (χ4n) is 3.62. The number of carbonyl (C=O) groups excluding carboxylic acids is 2. The van der Waals surface area contributed by atoms with Gasteiger partial charge in [0.25, 0.3) is 5.79 Å². The number of rotatable bonds is 9. The van der Waals surface area contributed by atoms with Crippen molar-refractivity contribution >= 4 is 22.3 Å². The van der Waals surface area contributed by atoms with Gasteiger partial charge in [-0.05, 0) is 25.0 Å².